The minimum absolute atomic E-state index is 0.207. The van der Waals surface area contributed by atoms with Gasteiger partial charge < -0.3 is 5.32 Å². The highest BCUT2D eigenvalue weighted by molar-refractivity contribution is 5.86. The number of likely N-dealkylation sites (tertiary alicyclic amines) is 2. The van der Waals surface area contributed by atoms with Crippen LogP contribution < -0.4 is 5.32 Å². The molecule has 1 aliphatic carbocycles. The highest BCUT2D eigenvalue weighted by Crippen LogP contribution is 2.36. The zero-order valence-electron chi connectivity index (χ0n) is 16.5. The molecular weight excluding hydrogens is 336 g/mol. The van der Waals surface area contributed by atoms with Crippen LogP contribution in [0.3, 0.4) is 0 Å². The fourth-order valence-corrected chi connectivity index (χ4v) is 5.27. The van der Waals surface area contributed by atoms with Crippen LogP contribution in [0.1, 0.15) is 63.4 Å². The Morgan fingerprint density at radius 2 is 1.81 bits per heavy atom. The number of nitrogens with zero attached hydrogens (tertiary/aromatic N) is 3. The molecule has 5 nitrogen and oxygen atoms in total. The van der Waals surface area contributed by atoms with Crippen molar-refractivity contribution in [2.45, 2.75) is 75.9 Å². The van der Waals surface area contributed by atoms with E-state index in [9.17, 15) is 4.79 Å². The third-order valence-corrected chi connectivity index (χ3v) is 6.87. The lowest BCUT2D eigenvalue weighted by Crippen LogP contribution is -2.61. The van der Waals surface area contributed by atoms with Gasteiger partial charge in [0, 0.05) is 38.1 Å². The quantitative estimate of drug-likeness (QED) is 0.866. The summed E-state index contributed by atoms with van der Waals surface area (Å²) in [5.41, 5.74) is 1.07. The number of hydrogen-bond acceptors (Lipinski definition) is 4. The van der Waals surface area contributed by atoms with E-state index in [-0.39, 0.29) is 5.54 Å². The first-order chi connectivity index (χ1) is 13.3. The molecule has 2 aliphatic heterocycles. The normalized spacial score (nSPS) is 24.7. The molecule has 0 spiro atoms. The molecule has 3 aliphatic rings. The van der Waals surface area contributed by atoms with Crippen molar-refractivity contribution in [1.82, 2.24) is 20.1 Å². The molecule has 3 fully saturated rings. The molecule has 0 atom stereocenters. The lowest BCUT2D eigenvalue weighted by molar-refractivity contribution is -0.136. The summed E-state index contributed by atoms with van der Waals surface area (Å²) in [7, 11) is 0. The molecule has 2 saturated heterocycles. The van der Waals surface area contributed by atoms with E-state index in [0.29, 0.717) is 11.9 Å². The maximum atomic E-state index is 13.4. The van der Waals surface area contributed by atoms with Crippen LogP contribution in [0, 0.1) is 0 Å². The number of amides is 1. The summed E-state index contributed by atoms with van der Waals surface area (Å²) >= 11 is 0. The first kappa shape index (κ1) is 18.9. The molecule has 148 valence electrons. The molecule has 0 unspecified atom stereocenters. The number of aromatic nitrogens is 1. The van der Waals surface area contributed by atoms with Crippen LogP contribution in [0.4, 0.5) is 0 Å². The monoisotopic (exact) mass is 370 g/mol. The maximum absolute atomic E-state index is 13.4. The summed E-state index contributed by atoms with van der Waals surface area (Å²) in [4.78, 5) is 22.6. The zero-order chi connectivity index (χ0) is 18.5. The minimum Gasteiger partial charge on any atom is -0.352 e. The Bertz CT molecular complexity index is 600. The Hall–Kier alpha value is -1.46. The third-order valence-electron chi connectivity index (χ3n) is 6.87. The predicted molar refractivity (Wildman–Crippen MR) is 107 cm³/mol. The lowest BCUT2D eigenvalue weighted by Gasteiger charge is -2.44. The standard InChI is InChI=1S/C22H34N4O/c27-21(22(10-2-1-3-11-22)26-13-4-5-14-26)24-20-8-15-25(16-9-20)18-19-7-6-12-23-17-19/h6-7,12,17,20H,1-5,8-11,13-16,18H2,(H,24,27). The Morgan fingerprint density at radius 1 is 1.07 bits per heavy atom. The molecule has 1 amide bonds. The minimum atomic E-state index is -0.207. The van der Waals surface area contributed by atoms with Crippen molar-refractivity contribution in [2.75, 3.05) is 26.2 Å². The fraction of sp³-hybridized carbons (Fsp3) is 0.727. The van der Waals surface area contributed by atoms with Gasteiger partial charge in [0.05, 0.1) is 0 Å². The van der Waals surface area contributed by atoms with Gasteiger partial charge in [0.15, 0.2) is 0 Å². The van der Waals surface area contributed by atoms with Gasteiger partial charge in [-0.25, -0.2) is 0 Å². The number of rotatable bonds is 5. The molecule has 1 saturated carbocycles. The second kappa shape index (κ2) is 8.70. The van der Waals surface area contributed by atoms with Gasteiger partial charge in [-0.3, -0.25) is 19.6 Å². The molecule has 1 aromatic rings. The fourth-order valence-electron chi connectivity index (χ4n) is 5.27. The summed E-state index contributed by atoms with van der Waals surface area (Å²) in [6, 6.07) is 4.48. The summed E-state index contributed by atoms with van der Waals surface area (Å²) < 4.78 is 0. The second-order valence-electron chi connectivity index (χ2n) is 8.67. The average molecular weight is 371 g/mol. The van der Waals surface area contributed by atoms with Crippen LogP contribution in [-0.2, 0) is 11.3 Å². The van der Waals surface area contributed by atoms with Crippen molar-refractivity contribution in [3.63, 3.8) is 0 Å². The van der Waals surface area contributed by atoms with E-state index in [1.165, 1.54) is 37.7 Å². The van der Waals surface area contributed by atoms with Crippen LogP contribution in [-0.4, -0.2) is 58.5 Å². The van der Waals surface area contributed by atoms with E-state index in [1.807, 2.05) is 18.5 Å². The molecule has 0 aromatic carbocycles. The first-order valence-corrected chi connectivity index (χ1v) is 10.9. The van der Waals surface area contributed by atoms with Gasteiger partial charge in [-0.1, -0.05) is 25.3 Å². The summed E-state index contributed by atoms with van der Waals surface area (Å²) in [6.45, 7) is 5.29. The van der Waals surface area contributed by atoms with Crippen molar-refractivity contribution in [3.05, 3.63) is 30.1 Å². The van der Waals surface area contributed by atoms with Gasteiger partial charge in [-0.15, -0.1) is 0 Å². The van der Waals surface area contributed by atoms with Gasteiger partial charge in [0.2, 0.25) is 5.91 Å². The molecule has 5 heteroatoms. The smallest absolute Gasteiger partial charge is 0.240 e. The van der Waals surface area contributed by atoms with E-state index in [2.05, 4.69) is 26.2 Å². The topological polar surface area (TPSA) is 48.5 Å². The molecule has 4 rings (SSSR count). The van der Waals surface area contributed by atoms with Crippen LogP contribution >= 0.6 is 0 Å². The van der Waals surface area contributed by atoms with E-state index >= 15 is 0 Å². The zero-order valence-corrected chi connectivity index (χ0v) is 16.5. The molecule has 0 bridgehead atoms. The van der Waals surface area contributed by atoms with Gasteiger partial charge in [-0.2, -0.15) is 0 Å². The van der Waals surface area contributed by atoms with Crippen molar-refractivity contribution >= 4 is 5.91 Å². The molecular formula is C22H34N4O. The van der Waals surface area contributed by atoms with Crippen LogP contribution in [0.25, 0.3) is 0 Å². The third kappa shape index (κ3) is 4.35. The molecule has 1 N–H and O–H groups in total. The molecule has 0 radical (unpaired) electrons. The van der Waals surface area contributed by atoms with Gasteiger partial charge in [0.25, 0.3) is 0 Å². The Morgan fingerprint density at radius 3 is 2.48 bits per heavy atom. The first-order valence-electron chi connectivity index (χ1n) is 10.9. The Labute approximate surface area is 163 Å². The van der Waals surface area contributed by atoms with Gasteiger partial charge in [0.1, 0.15) is 5.54 Å². The van der Waals surface area contributed by atoms with Gasteiger partial charge in [-0.05, 0) is 63.2 Å². The van der Waals surface area contributed by atoms with Crippen LogP contribution in [0.15, 0.2) is 24.5 Å². The maximum Gasteiger partial charge on any atom is 0.240 e. The van der Waals surface area contributed by atoms with Crippen LogP contribution in [0.5, 0.6) is 0 Å². The number of hydrogen-bond donors (Lipinski definition) is 1. The van der Waals surface area contributed by atoms with Crippen LogP contribution in [0.2, 0.25) is 0 Å². The summed E-state index contributed by atoms with van der Waals surface area (Å²) in [5.74, 6) is 0.329. The Balaban J connectivity index is 1.31. The van der Waals surface area contributed by atoms with Crippen molar-refractivity contribution in [3.8, 4) is 0 Å². The molecule has 3 heterocycles. The number of carbonyl (C=O) groups excluding carboxylic acids is 1. The largest absolute Gasteiger partial charge is 0.352 e. The highest BCUT2D eigenvalue weighted by atomic mass is 16.2. The second-order valence-corrected chi connectivity index (χ2v) is 8.67. The summed E-state index contributed by atoms with van der Waals surface area (Å²) in [6.07, 6.45) is 14.2. The average Bonchev–Trinajstić information content (AvgIpc) is 3.26. The van der Waals surface area contributed by atoms with Crippen molar-refractivity contribution in [2.24, 2.45) is 0 Å². The Kier molecular flexibility index (Phi) is 6.08. The van der Waals surface area contributed by atoms with E-state index in [0.717, 1.165) is 58.4 Å². The van der Waals surface area contributed by atoms with E-state index in [1.54, 1.807) is 0 Å². The van der Waals surface area contributed by atoms with Crippen molar-refractivity contribution in [1.29, 1.82) is 0 Å². The number of piperidine rings is 1. The number of pyridine rings is 1. The lowest BCUT2D eigenvalue weighted by atomic mass is 9.79. The number of nitrogens with one attached hydrogen (secondary N) is 1. The number of carbonyl (C=O) groups is 1. The molecule has 27 heavy (non-hydrogen) atoms. The van der Waals surface area contributed by atoms with Gasteiger partial charge >= 0.3 is 0 Å². The van der Waals surface area contributed by atoms with E-state index in [4.69, 9.17) is 0 Å². The molecule has 1 aromatic heterocycles. The van der Waals surface area contributed by atoms with Crippen molar-refractivity contribution < 1.29 is 4.79 Å². The predicted octanol–water partition coefficient (Wildman–Crippen LogP) is 2.96. The summed E-state index contributed by atoms with van der Waals surface area (Å²) in [5, 5.41) is 3.47. The van der Waals surface area contributed by atoms with E-state index < -0.39 is 0 Å². The SMILES string of the molecule is O=C(NC1CCN(Cc2cccnc2)CC1)C1(N2CCCC2)CCCCC1. The highest BCUT2D eigenvalue weighted by Gasteiger charge is 2.45.